The van der Waals surface area contributed by atoms with E-state index in [0.717, 1.165) is 27.9 Å². The van der Waals surface area contributed by atoms with Crippen LogP contribution in [0.3, 0.4) is 0 Å². The second-order valence-corrected chi connectivity index (χ2v) is 13.3. The number of amides is 2. The van der Waals surface area contributed by atoms with Crippen LogP contribution in [0.1, 0.15) is 64.3 Å². The first-order valence-corrected chi connectivity index (χ1v) is 16.7. The first kappa shape index (κ1) is 32.3. The van der Waals surface area contributed by atoms with Gasteiger partial charge in [-0.15, -0.1) is 0 Å². The number of methoxy groups -OCH3 is 1. The number of rotatable bonds is 7. The van der Waals surface area contributed by atoms with Crippen LogP contribution in [0.2, 0.25) is 0 Å². The summed E-state index contributed by atoms with van der Waals surface area (Å²) >= 11 is 0. The van der Waals surface area contributed by atoms with E-state index in [1.807, 2.05) is 72.8 Å². The van der Waals surface area contributed by atoms with Crippen LogP contribution in [-0.2, 0) is 32.6 Å². The average molecular weight is 690 g/mol. The van der Waals surface area contributed by atoms with Crippen molar-refractivity contribution in [1.29, 1.82) is 0 Å². The molecule has 4 N–H and O–H groups in total. The monoisotopic (exact) mass is 689 g/mol. The molecule has 3 aliphatic rings. The minimum atomic E-state index is -1.31. The first-order chi connectivity index (χ1) is 24.7. The van der Waals surface area contributed by atoms with Gasteiger partial charge in [0.1, 0.15) is 35.6 Å². The minimum Gasteiger partial charge on any atom is -0.469 e. The zero-order chi connectivity index (χ0) is 35.4. The van der Waals surface area contributed by atoms with E-state index in [0.29, 0.717) is 11.5 Å². The molecule has 51 heavy (non-hydrogen) atoms. The molecule has 3 aliphatic heterocycles. The normalized spacial score (nSPS) is 22.0. The fourth-order valence-electron chi connectivity index (χ4n) is 7.16. The Bertz CT molecular complexity index is 2160. The van der Waals surface area contributed by atoms with Gasteiger partial charge in [0.15, 0.2) is 23.4 Å². The number of aliphatic hydroxyl groups is 1. The van der Waals surface area contributed by atoms with Crippen LogP contribution < -0.4 is 20.7 Å². The van der Waals surface area contributed by atoms with E-state index in [9.17, 15) is 19.5 Å². The lowest BCUT2D eigenvalue weighted by Crippen LogP contribution is -2.52. The molecule has 13 nitrogen and oxygen atoms in total. The van der Waals surface area contributed by atoms with Crippen LogP contribution in [0, 0.1) is 5.92 Å². The van der Waals surface area contributed by atoms with E-state index >= 15 is 0 Å². The Morgan fingerprint density at radius 3 is 2.61 bits per heavy atom. The van der Waals surface area contributed by atoms with E-state index in [1.165, 1.54) is 13.4 Å². The molecule has 3 aromatic carbocycles. The van der Waals surface area contributed by atoms with Crippen molar-refractivity contribution in [3.63, 3.8) is 0 Å². The van der Waals surface area contributed by atoms with Crippen molar-refractivity contribution in [2.45, 2.75) is 56.5 Å². The molecular weight excluding hydrogens is 654 g/mol. The van der Waals surface area contributed by atoms with Crippen LogP contribution in [0.4, 0.5) is 5.69 Å². The van der Waals surface area contributed by atoms with Crippen molar-refractivity contribution in [2.24, 2.45) is 5.92 Å². The van der Waals surface area contributed by atoms with Crippen LogP contribution >= 0.6 is 0 Å². The van der Waals surface area contributed by atoms with Crippen LogP contribution in [-0.4, -0.2) is 58.3 Å². The highest BCUT2D eigenvalue weighted by molar-refractivity contribution is 5.90. The van der Waals surface area contributed by atoms with E-state index < -0.39 is 47.6 Å². The number of nitrogens with zero attached hydrogens (tertiary/aromatic N) is 2. The van der Waals surface area contributed by atoms with Crippen LogP contribution in [0.25, 0.3) is 11.6 Å². The van der Waals surface area contributed by atoms with Crippen molar-refractivity contribution in [3.05, 3.63) is 119 Å². The van der Waals surface area contributed by atoms with Crippen molar-refractivity contribution < 1.29 is 37.8 Å². The number of carbonyl (C=O) groups excluding carboxylic acids is 3. The lowest BCUT2D eigenvalue weighted by molar-refractivity contribution is -0.135. The molecule has 5 aromatic rings. The average Bonchev–Trinajstić information content (AvgIpc) is 3.92. The number of aromatic nitrogens is 2. The summed E-state index contributed by atoms with van der Waals surface area (Å²) < 4.78 is 24.2. The van der Waals surface area contributed by atoms with E-state index in [2.05, 4.69) is 20.9 Å². The molecule has 0 radical (unpaired) electrons. The van der Waals surface area contributed by atoms with Gasteiger partial charge in [0, 0.05) is 24.1 Å². The predicted molar refractivity (Wildman–Crippen MR) is 182 cm³/mol. The maximum Gasteiger partial charge on any atom is 0.360 e. The summed E-state index contributed by atoms with van der Waals surface area (Å²) in [7, 11) is 1.25. The molecule has 2 unspecified atom stereocenters. The second kappa shape index (κ2) is 12.4. The number of fused-ring (bicyclic) bond motifs is 4. The van der Waals surface area contributed by atoms with Crippen molar-refractivity contribution >= 4 is 23.5 Å². The molecule has 8 rings (SSSR count). The number of esters is 1. The quantitative estimate of drug-likeness (QED) is 0.181. The summed E-state index contributed by atoms with van der Waals surface area (Å²) in [5.74, 6) is -1.13. The summed E-state index contributed by atoms with van der Waals surface area (Å²) in [6, 6.07) is 21.0. The number of carbonyl (C=O) groups is 3. The Balaban J connectivity index is 1.37. The third-order valence-corrected chi connectivity index (χ3v) is 9.72. The number of hydrogen-bond donors (Lipinski definition) is 4. The van der Waals surface area contributed by atoms with Crippen molar-refractivity contribution in [1.82, 2.24) is 20.6 Å². The second-order valence-electron chi connectivity index (χ2n) is 13.3. The van der Waals surface area contributed by atoms with Gasteiger partial charge in [-0.2, -0.15) is 0 Å². The molecule has 2 aromatic heterocycles. The molecule has 260 valence electrons. The number of hydrogen-bond acceptors (Lipinski definition) is 11. The maximum absolute atomic E-state index is 14.2. The van der Waals surface area contributed by atoms with Gasteiger partial charge >= 0.3 is 5.97 Å². The standard InChI is InChI=1S/C38H35N5O8/c1-19(2)30(44)33(46)39-25-17-21-13-14-28-23(15-21)38(22-11-7-8-12-24(22)42-37(38)50-28)31-29(35-41-27(18-49-35)36(47)48-3)43-34(51-31)26(40-32(25)45)16-20-9-5-4-6-10-20/h4-15,18-19,25-26,30,37,42,44H,16-17H2,1-3H3,(H,39,46)(H,40,45)/t25-,26-,30-,37?,38?/m0/s1. The first-order valence-electron chi connectivity index (χ1n) is 16.7. The molecule has 4 bridgehead atoms. The van der Waals surface area contributed by atoms with E-state index in [-0.39, 0.29) is 41.9 Å². The number of anilines is 1. The number of para-hydroxylation sites is 1. The van der Waals surface area contributed by atoms with Crippen LogP contribution in [0.5, 0.6) is 5.75 Å². The third-order valence-electron chi connectivity index (χ3n) is 9.72. The molecule has 5 atom stereocenters. The molecule has 0 aliphatic carbocycles. The fourth-order valence-corrected chi connectivity index (χ4v) is 7.16. The largest absolute Gasteiger partial charge is 0.469 e. The highest BCUT2D eigenvalue weighted by Gasteiger charge is 2.61. The molecule has 13 heteroatoms. The molecule has 1 spiro atoms. The summed E-state index contributed by atoms with van der Waals surface area (Å²) in [6.07, 6.45) is -0.409. The number of benzene rings is 3. The highest BCUT2D eigenvalue weighted by Crippen LogP contribution is 2.59. The van der Waals surface area contributed by atoms with Gasteiger partial charge in [0.25, 0.3) is 0 Å². The van der Waals surface area contributed by atoms with Gasteiger partial charge in [-0.3, -0.25) is 9.59 Å². The molecule has 2 amide bonds. The Morgan fingerprint density at radius 2 is 1.82 bits per heavy atom. The van der Waals surface area contributed by atoms with Gasteiger partial charge in [-0.25, -0.2) is 14.8 Å². The lowest BCUT2D eigenvalue weighted by Gasteiger charge is -2.28. The topological polar surface area (TPSA) is 178 Å². The zero-order valence-electron chi connectivity index (χ0n) is 28.0. The van der Waals surface area contributed by atoms with Gasteiger partial charge in [0.2, 0.25) is 23.6 Å². The zero-order valence-corrected chi connectivity index (χ0v) is 28.0. The van der Waals surface area contributed by atoms with Gasteiger partial charge in [0.05, 0.1) is 7.11 Å². The number of aliphatic hydroxyl groups excluding tert-OH is 1. The molecule has 0 saturated heterocycles. The Labute approximate surface area is 292 Å². The fraction of sp³-hybridized carbons (Fsp3) is 0.289. The Kier molecular flexibility index (Phi) is 7.86. The van der Waals surface area contributed by atoms with E-state index in [1.54, 1.807) is 13.8 Å². The highest BCUT2D eigenvalue weighted by atomic mass is 16.5. The summed E-state index contributed by atoms with van der Waals surface area (Å²) in [5.41, 5.74) is 3.04. The Hall–Kier alpha value is -5.95. The molecule has 0 fully saturated rings. The van der Waals surface area contributed by atoms with E-state index in [4.69, 9.17) is 23.3 Å². The van der Waals surface area contributed by atoms with Gasteiger partial charge in [-0.1, -0.05) is 74.5 Å². The van der Waals surface area contributed by atoms with Crippen LogP contribution in [0.15, 0.2) is 87.9 Å². The van der Waals surface area contributed by atoms with Crippen molar-refractivity contribution in [3.8, 4) is 17.3 Å². The summed E-state index contributed by atoms with van der Waals surface area (Å²) in [6.45, 7) is 3.45. The number of nitrogens with one attached hydrogen (secondary N) is 3. The Morgan fingerprint density at radius 1 is 1.04 bits per heavy atom. The smallest absolute Gasteiger partial charge is 0.360 e. The summed E-state index contributed by atoms with van der Waals surface area (Å²) in [5, 5.41) is 20.0. The molecule has 0 saturated carbocycles. The maximum atomic E-state index is 14.2. The summed E-state index contributed by atoms with van der Waals surface area (Å²) in [4.78, 5) is 49.3. The number of oxazole rings is 2. The van der Waals surface area contributed by atoms with Gasteiger partial charge in [-0.05, 0) is 34.7 Å². The minimum absolute atomic E-state index is 0.00924. The lowest BCUT2D eigenvalue weighted by atomic mass is 9.72. The predicted octanol–water partition coefficient (Wildman–Crippen LogP) is 4.05. The SMILES string of the molecule is COC(=O)c1coc(-c2nc3oc2C24c5ccccc5NC2Oc2ccc(cc24)C[C@H](NC(=O)[C@@H](O)C(C)C)C(=O)N[C@H]3Cc2ccccc2)n1. The molecule has 5 heterocycles. The van der Waals surface area contributed by atoms with Gasteiger partial charge < -0.3 is 39.4 Å². The third kappa shape index (κ3) is 5.32. The number of ether oxygens (including phenoxy) is 2. The van der Waals surface area contributed by atoms with Crippen molar-refractivity contribution in [2.75, 3.05) is 12.4 Å². The molecular formula is C38H35N5O8.